The molecule has 0 spiro atoms. The van der Waals surface area contributed by atoms with E-state index in [1.165, 1.54) is 244 Å². The second-order valence-corrected chi connectivity index (χ2v) is 32.0. The average molecular weight is 1450 g/mol. The largest absolute Gasteiger partial charge is 0.472 e. The molecule has 0 amide bonds. The Bertz CT molecular complexity index is 1890. The lowest BCUT2D eigenvalue weighted by Gasteiger charge is -2.21. The van der Waals surface area contributed by atoms with Gasteiger partial charge in [-0.3, -0.25) is 37.3 Å². The fourth-order valence-corrected chi connectivity index (χ4v) is 14.0. The van der Waals surface area contributed by atoms with E-state index in [-0.39, 0.29) is 25.7 Å². The first-order chi connectivity index (χ1) is 48.1. The summed E-state index contributed by atoms with van der Waals surface area (Å²) in [5.74, 6) is -1.31. The molecule has 0 radical (unpaired) electrons. The summed E-state index contributed by atoms with van der Waals surface area (Å²) in [4.78, 5) is 72.9. The lowest BCUT2D eigenvalue weighted by Crippen LogP contribution is -2.30. The Morgan fingerprint density at radius 1 is 0.283 bits per heavy atom. The third-order valence-corrected chi connectivity index (χ3v) is 21.0. The Morgan fingerprint density at radius 2 is 0.485 bits per heavy atom. The minimum atomic E-state index is -4.96. The van der Waals surface area contributed by atoms with Crippen molar-refractivity contribution in [1.29, 1.82) is 0 Å². The van der Waals surface area contributed by atoms with Gasteiger partial charge < -0.3 is 33.8 Å². The Morgan fingerprint density at radius 3 is 0.717 bits per heavy atom. The van der Waals surface area contributed by atoms with E-state index in [4.69, 9.17) is 37.0 Å². The van der Waals surface area contributed by atoms with Gasteiger partial charge in [-0.25, -0.2) is 9.13 Å². The molecule has 0 aromatic heterocycles. The van der Waals surface area contributed by atoms with Gasteiger partial charge in [0.1, 0.15) is 19.3 Å². The number of carbonyl (C=O) groups excluding carboxylic acids is 4. The summed E-state index contributed by atoms with van der Waals surface area (Å²) in [6.07, 6.45) is 63.9. The number of phosphoric ester groups is 2. The molecule has 3 N–H and O–H groups in total. The molecule has 0 rings (SSSR count). The number of hydrogen-bond acceptors (Lipinski definition) is 15. The molecular weight excluding hydrogens is 1290 g/mol. The number of carbonyl (C=O) groups is 4. The fraction of sp³-hybridized carbons (Fsp3) is 0.950. The quantitative estimate of drug-likeness (QED) is 0.0222. The van der Waals surface area contributed by atoms with Gasteiger partial charge in [0.15, 0.2) is 12.2 Å². The van der Waals surface area contributed by atoms with Gasteiger partial charge in [-0.15, -0.1) is 0 Å². The summed E-state index contributed by atoms with van der Waals surface area (Å²) in [6.45, 7) is 7.32. The van der Waals surface area contributed by atoms with Crippen molar-refractivity contribution in [2.24, 2.45) is 5.92 Å². The maximum atomic E-state index is 13.1. The first-order valence-electron chi connectivity index (χ1n) is 41.7. The zero-order valence-electron chi connectivity index (χ0n) is 64.6. The van der Waals surface area contributed by atoms with Crippen molar-refractivity contribution in [2.75, 3.05) is 39.6 Å². The number of aliphatic hydroxyl groups is 1. The van der Waals surface area contributed by atoms with E-state index >= 15 is 0 Å². The van der Waals surface area contributed by atoms with Crippen molar-refractivity contribution >= 4 is 39.5 Å². The van der Waals surface area contributed by atoms with Gasteiger partial charge in [0, 0.05) is 25.7 Å². The molecule has 0 saturated heterocycles. The highest BCUT2D eigenvalue weighted by molar-refractivity contribution is 7.47. The predicted molar refractivity (Wildman–Crippen MR) is 405 cm³/mol. The highest BCUT2D eigenvalue weighted by Crippen LogP contribution is 2.45. The molecule has 0 aromatic carbocycles. The van der Waals surface area contributed by atoms with E-state index in [0.29, 0.717) is 25.7 Å². The number of phosphoric acid groups is 2. The minimum absolute atomic E-state index is 0.107. The van der Waals surface area contributed by atoms with Crippen LogP contribution in [0.4, 0.5) is 0 Å². The van der Waals surface area contributed by atoms with Gasteiger partial charge in [-0.1, -0.05) is 375 Å². The number of ether oxygens (including phenoxy) is 4. The molecule has 0 aromatic rings. The van der Waals surface area contributed by atoms with E-state index in [0.717, 1.165) is 102 Å². The van der Waals surface area contributed by atoms with Gasteiger partial charge in [-0.2, -0.15) is 0 Å². The summed E-state index contributed by atoms with van der Waals surface area (Å²) in [6, 6.07) is 0. The van der Waals surface area contributed by atoms with Gasteiger partial charge in [0.05, 0.1) is 26.4 Å². The van der Waals surface area contributed by atoms with Crippen molar-refractivity contribution in [3.63, 3.8) is 0 Å². The molecule has 99 heavy (non-hydrogen) atoms. The van der Waals surface area contributed by atoms with Crippen molar-refractivity contribution in [3.8, 4) is 0 Å². The molecule has 0 heterocycles. The molecule has 0 aliphatic carbocycles. The lowest BCUT2D eigenvalue weighted by molar-refractivity contribution is -0.161. The van der Waals surface area contributed by atoms with Crippen LogP contribution in [0.25, 0.3) is 0 Å². The maximum absolute atomic E-state index is 13.1. The summed E-state index contributed by atoms with van der Waals surface area (Å²) in [7, 11) is -9.91. The van der Waals surface area contributed by atoms with Crippen molar-refractivity contribution < 1.29 is 80.2 Å². The Hall–Kier alpha value is -1.94. The van der Waals surface area contributed by atoms with E-state index in [9.17, 15) is 43.2 Å². The summed E-state index contributed by atoms with van der Waals surface area (Å²) < 4.78 is 68.6. The van der Waals surface area contributed by atoms with E-state index < -0.39 is 97.5 Å². The van der Waals surface area contributed by atoms with Crippen LogP contribution in [0.1, 0.15) is 426 Å². The topological polar surface area (TPSA) is 237 Å². The SMILES string of the molecule is CCCCCCCCCCCCCCCCCCCCCC(=O)O[C@H](COC(=O)CCCCCCCCCCCCCCCCCCCC)COP(=O)(O)OC[C@@H](O)COP(=O)(O)OC[C@@H](COC(=O)CCCCCCCCCC)OC(=O)CCCCCCCCCCCCC(C)CC. The summed E-state index contributed by atoms with van der Waals surface area (Å²) in [5, 5.41) is 10.6. The number of hydrogen-bond donors (Lipinski definition) is 3. The van der Waals surface area contributed by atoms with Crippen LogP contribution in [-0.4, -0.2) is 96.7 Å². The van der Waals surface area contributed by atoms with Gasteiger partial charge in [0.2, 0.25) is 0 Å². The summed E-state index contributed by atoms with van der Waals surface area (Å²) in [5.41, 5.74) is 0. The zero-order chi connectivity index (χ0) is 72.7. The Kier molecular flexibility index (Phi) is 71.6. The van der Waals surface area contributed by atoms with Crippen LogP contribution < -0.4 is 0 Å². The molecule has 0 fully saturated rings. The summed E-state index contributed by atoms with van der Waals surface area (Å²) >= 11 is 0. The molecule has 3 unspecified atom stereocenters. The Labute approximate surface area is 607 Å². The first kappa shape index (κ1) is 97.1. The highest BCUT2D eigenvalue weighted by Gasteiger charge is 2.30. The van der Waals surface area contributed by atoms with Crippen LogP contribution in [0, 0.1) is 5.92 Å². The van der Waals surface area contributed by atoms with E-state index in [1.807, 2.05) is 0 Å². The normalized spacial score (nSPS) is 14.1. The van der Waals surface area contributed by atoms with Crippen molar-refractivity contribution in [3.05, 3.63) is 0 Å². The average Bonchev–Trinajstić information content (AvgIpc) is 1.07. The van der Waals surface area contributed by atoms with Crippen LogP contribution in [0.3, 0.4) is 0 Å². The van der Waals surface area contributed by atoms with Crippen LogP contribution in [-0.2, 0) is 65.4 Å². The van der Waals surface area contributed by atoms with Gasteiger partial charge in [0.25, 0.3) is 0 Å². The van der Waals surface area contributed by atoms with Crippen LogP contribution >= 0.6 is 15.6 Å². The van der Waals surface area contributed by atoms with Crippen LogP contribution in [0.5, 0.6) is 0 Å². The predicted octanol–water partition coefficient (Wildman–Crippen LogP) is 24.0. The zero-order valence-corrected chi connectivity index (χ0v) is 66.4. The van der Waals surface area contributed by atoms with Gasteiger partial charge in [-0.05, 0) is 31.6 Å². The monoisotopic (exact) mass is 1450 g/mol. The molecule has 19 heteroatoms. The molecule has 0 bridgehead atoms. The third-order valence-electron chi connectivity index (χ3n) is 19.1. The number of unbranched alkanes of at least 4 members (excludes halogenated alkanes) is 51. The van der Waals surface area contributed by atoms with Gasteiger partial charge >= 0.3 is 39.5 Å². The number of rotatable bonds is 80. The Balaban J connectivity index is 5.20. The molecule has 588 valence electrons. The third kappa shape index (κ3) is 72.8. The van der Waals surface area contributed by atoms with E-state index in [1.54, 1.807) is 0 Å². The lowest BCUT2D eigenvalue weighted by atomic mass is 9.99. The fourth-order valence-electron chi connectivity index (χ4n) is 12.4. The molecule has 6 atom stereocenters. The van der Waals surface area contributed by atoms with E-state index in [2.05, 4.69) is 34.6 Å². The number of aliphatic hydroxyl groups excluding tert-OH is 1. The molecule has 0 aliphatic rings. The molecular formula is C80H156O17P2. The molecule has 0 aliphatic heterocycles. The molecule has 0 saturated carbocycles. The van der Waals surface area contributed by atoms with Crippen molar-refractivity contribution in [2.45, 2.75) is 445 Å². The minimum Gasteiger partial charge on any atom is -0.462 e. The standard InChI is InChI=1S/C80H156O17P2/c1-6-10-13-16-19-22-24-26-28-30-32-34-36-38-40-45-50-55-60-65-79(84)97-76(70-91-78(83)64-59-54-49-44-39-37-35-33-31-29-27-25-23-20-17-14-11-7-2)72-95-99(88,89)93-68-74(81)67-92-98(86,87)94-71-75(69-90-77(82)63-58-53-48-21-18-15-12-8-3)96-80(85)66-61-56-51-46-42-41-43-47-52-57-62-73(5)9-4/h73-76,81H,6-72H2,1-5H3,(H,86,87)(H,88,89)/t73?,74-,75+,76+/m0/s1. The van der Waals surface area contributed by atoms with Crippen LogP contribution in [0.2, 0.25) is 0 Å². The molecule has 17 nitrogen and oxygen atoms in total. The van der Waals surface area contributed by atoms with Crippen molar-refractivity contribution in [1.82, 2.24) is 0 Å². The first-order valence-corrected chi connectivity index (χ1v) is 44.7. The highest BCUT2D eigenvalue weighted by atomic mass is 31.2. The maximum Gasteiger partial charge on any atom is 0.472 e. The van der Waals surface area contributed by atoms with Crippen LogP contribution in [0.15, 0.2) is 0 Å². The second kappa shape index (κ2) is 73.0. The number of esters is 4. The second-order valence-electron chi connectivity index (χ2n) is 29.1. The smallest absolute Gasteiger partial charge is 0.462 e.